The lowest BCUT2D eigenvalue weighted by molar-refractivity contribution is 0.813. The number of hydrogen-bond donors (Lipinski definition) is 1. The standard InChI is InChI=1S/C15H15N5/c1-12(13-6-2-3-8-16-13)19-14-7-4-9-17-15(14)20-11-5-10-18-20/h2-12,19H,1H3. The molecule has 0 aliphatic heterocycles. The Labute approximate surface area is 117 Å². The summed E-state index contributed by atoms with van der Waals surface area (Å²) in [4.78, 5) is 8.75. The molecule has 0 saturated heterocycles. The highest BCUT2D eigenvalue weighted by Crippen LogP contribution is 2.21. The molecule has 0 spiro atoms. The molecule has 5 heteroatoms. The van der Waals surface area contributed by atoms with Crippen molar-refractivity contribution in [2.24, 2.45) is 0 Å². The quantitative estimate of drug-likeness (QED) is 0.788. The van der Waals surface area contributed by atoms with E-state index in [1.54, 1.807) is 23.3 Å². The van der Waals surface area contributed by atoms with Crippen molar-refractivity contribution in [2.45, 2.75) is 13.0 Å². The normalized spacial score (nSPS) is 12.1. The van der Waals surface area contributed by atoms with E-state index in [1.807, 2.05) is 42.6 Å². The SMILES string of the molecule is CC(Nc1cccnc1-n1cccn1)c1ccccn1. The van der Waals surface area contributed by atoms with Gasteiger partial charge in [0.15, 0.2) is 5.82 Å². The van der Waals surface area contributed by atoms with Crippen molar-refractivity contribution < 1.29 is 0 Å². The molecule has 3 rings (SSSR count). The van der Waals surface area contributed by atoms with E-state index in [0.717, 1.165) is 17.2 Å². The maximum Gasteiger partial charge on any atom is 0.176 e. The molecule has 0 fully saturated rings. The van der Waals surface area contributed by atoms with E-state index in [-0.39, 0.29) is 6.04 Å². The van der Waals surface area contributed by atoms with Crippen LogP contribution in [0.15, 0.2) is 61.2 Å². The fourth-order valence-corrected chi connectivity index (χ4v) is 2.03. The van der Waals surface area contributed by atoms with Gasteiger partial charge in [0, 0.05) is 24.8 Å². The van der Waals surface area contributed by atoms with Crippen molar-refractivity contribution in [3.8, 4) is 5.82 Å². The van der Waals surface area contributed by atoms with Crippen LogP contribution in [0.4, 0.5) is 5.69 Å². The van der Waals surface area contributed by atoms with Gasteiger partial charge >= 0.3 is 0 Å². The molecule has 3 heterocycles. The smallest absolute Gasteiger partial charge is 0.176 e. The van der Waals surface area contributed by atoms with Gasteiger partial charge in [-0.1, -0.05) is 6.07 Å². The molecule has 20 heavy (non-hydrogen) atoms. The average Bonchev–Trinajstić information content (AvgIpc) is 3.03. The Balaban J connectivity index is 1.88. The molecule has 1 unspecified atom stereocenters. The molecule has 0 amide bonds. The van der Waals surface area contributed by atoms with Crippen molar-refractivity contribution in [2.75, 3.05) is 5.32 Å². The van der Waals surface area contributed by atoms with Crippen LogP contribution in [0.1, 0.15) is 18.7 Å². The summed E-state index contributed by atoms with van der Waals surface area (Å²) in [5.74, 6) is 0.778. The third-order valence-corrected chi connectivity index (χ3v) is 3.01. The molecule has 100 valence electrons. The van der Waals surface area contributed by atoms with Gasteiger partial charge < -0.3 is 5.32 Å². The first kappa shape index (κ1) is 12.3. The minimum atomic E-state index is 0.0923. The van der Waals surface area contributed by atoms with E-state index in [9.17, 15) is 0 Å². The van der Waals surface area contributed by atoms with E-state index in [4.69, 9.17) is 0 Å². The van der Waals surface area contributed by atoms with E-state index in [2.05, 4.69) is 27.3 Å². The lowest BCUT2D eigenvalue weighted by Crippen LogP contribution is -2.11. The topological polar surface area (TPSA) is 55.6 Å². The van der Waals surface area contributed by atoms with Gasteiger partial charge in [-0.15, -0.1) is 0 Å². The van der Waals surface area contributed by atoms with Crippen LogP contribution in [0.3, 0.4) is 0 Å². The van der Waals surface area contributed by atoms with Crippen molar-refractivity contribution in [3.63, 3.8) is 0 Å². The Morgan fingerprint density at radius 1 is 1.00 bits per heavy atom. The van der Waals surface area contributed by atoms with Gasteiger partial charge in [0.05, 0.1) is 17.4 Å². The van der Waals surface area contributed by atoms with Crippen LogP contribution in [-0.4, -0.2) is 19.7 Å². The third kappa shape index (κ3) is 2.51. The minimum Gasteiger partial charge on any atom is -0.374 e. The Morgan fingerprint density at radius 2 is 1.90 bits per heavy atom. The zero-order valence-corrected chi connectivity index (χ0v) is 11.1. The number of rotatable bonds is 4. The van der Waals surface area contributed by atoms with Gasteiger partial charge in [0.25, 0.3) is 0 Å². The lowest BCUT2D eigenvalue weighted by atomic mass is 10.2. The summed E-state index contributed by atoms with van der Waals surface area (Å²) >= 11 is 0. The Bertz CT molecular complexity index is 664. The first-order valence-corrected chi connectivity index (χ1v) is 6.47. The highest BCUT2D eigenvalue weighted by Gasteiger charge is 2.10. The molecule has 3 aromatic heterocycles. The predicted molar refractivity (Wildman–Crippen MR) is 77.6 cm³/mol. The third-order valence-electron chi connectivity index (χ3n) is 3.01. The second kappa shape index (κ2) is 5.52. The van der Waals surface area contributed by atoms with Gasteiger partial charge in [0.2, 0.25) is 0 Å². The highest BCUT2D eigenvalue weighted by molar-refractivity contribution is 5.57. The van der Waals surface area contributed by atoms with Gasteiger partial charge in [-0.3, -0.25) is 4.98 Å². The molecule has 5 nitrogen and oxygen atoms in total. The summed E-state index contributed by atoms with van der Waals surface area (Å²) in [6.45, 7) is 2.07. The zero-order chi connectivity index (χ0) is 13.8. The van der Waals surface area contributed by atoms with Crippen molar-refractivity contribution in [1.82, 2.24) is 19.7 Å². The van der Waals surface area contributed by atoms with Gasteiger partial charge in [-0.2, -0.15) is 5.10 Å². The summed E-state index contributed by atoms with van der Waals surface area (Å²) in [5, 5.41) is 7.65. The molecule has 0 aromatic carbocycles. The second-order valence-electron chi connectivity index (χ2n) is 4.45. The van der Waals surface area contributed by atoms with Gasteiger partial charge in [-0.05, 0) is 37.3 Å². The van der Waals surface area contributed by atoms with Crippen LogP contribution in [0.5, 0.6) is 0 Å². The summed E-state index contributed by atoms with van der Waals surface area (Å²) in [7, 11) is 0. The first-order chi connectivity index (χ1) is 9.84. The molecule has 0 saturated carbocycles. The van der Waals surface area contributed by atoms with Crippen LogP contribution in [0.25, 0.3) is 5.82 Å². The molecule has 0 aliphatic carbocycles. The second-order valence-corrected chi connectivity index (χ2v) is 4.45. The number of nitrogens with zero attached hydrogens (tertiary/aromatic N) is 4. The van der Waals surface area contributed by atoms with E-state index >= 15 is 0 Å². The molecule has 0 radical (unpaired) electrons. The summed E-state index contributed by atoms with van der Waals surface area (Å²) in [5.41, 5.74) is 1.91. The highest BCUT2D eigenvalue weighted by atomic mass is 15.3. The largest absolute Gasteiger partial charge is 0.374 e. The predicted octanol–water partition coefficient (Wildman–Crippen LogP) is 2.84. The number of hydrogen-bond acceptors (Lipinski definition) is 4. The summed E-state index contributed by atoms with van der Waals surface area (Å²) in [6.07, 6.45) is 7.17. The van der Waals surface area contributed by atoms with Crippen LogP contribution in [0, 0.1) is 0 Å². The number of pyridine rings is 2. The monoisotopic (exact) mass is 265 g/mol. The van der Waals surface area contributed by atoms with Crippen LogP contribution in [0.2, 0.25) is 0 Å². The number of aromatic nitrogens is 4. The number of nitrogens with one attached hydrogen (secondary N) is 1. The van der Waals surface area contributed by atoms with Gasteiger partial charge in [-0.25, -0.2) is 9.67 Å². The summed E-state index contributed by atoms with van der Waals surface area (Å²) < 4.78 is 1.74. The molecule has 0 aliphatic rings. The molecular weight excluding hydrogens is 250 g/mol. The van der Waals surface area contributed by atoms with E-state index in [1.165, 1.54) is 0 Å². The molecule has 0 bridgehead atoms. The fraction of sp³-hybridized carbons (Fsp3) is 0.133. The Kier molecular flexibility index (Phi) is 3.41. The van der Waals surface area contributed by atoms with Crippen molar-refractivity contribution >= 4 is 5.69 Å². The van der Waals surface area contributed by atoms with E-state index in [0.29, 0.717) is 0 Å². The van der Waals surface area contributed by atoms with Crippen LogP contribution >= 0.6 is 0 Å². The Morgan fingerprint density at radius 3 is 2.65 bits per heavy atom. The maximum atomic E-state index is 4.39. The maximum absolute atomic E-state index is 4.39. The van der Waals surface area contributed by atoms with E-state index < -0.39 is 0 Å². The van der Waals surface area contributed by atoms with Crippen LogP contribution in [-0.2, 0) is 0 Å². The van der Waals surface area contributed by atoms with Gasteiger partial charge in [0.1, 0.15) is 0 Å². The fourth-order valence-electron chi connectivity index (χ4n) is 2.03. The average molecular weight is 265 g/mol. The minimum absolute atomic E-state index is 0.0923. The summed E-state index contributed by atoms with van der Waals surface area (Å²) in [6, 6.07) is 11.8. The van der Waals surface area contributed by atoms with Crippen molar-refractivity contribution in [1.29, 1.82) is 0 Å². The first-order valence-electron chi connectivity index (χ1n) is 6.47. The van der Waals surface area contributed by atoms with Crippen molar-refractivity contribution in [3.05, 3.63) is 66.9 Å². The zero-order valence-electron chi connectivity index (χ0n) is 11.1. The lowest BCUT2D eigenvalue weighted by Gasteiger charge is -2.16. The Hall–Kier alpha value is -2.69. The molecule has 1 atom stereocenters. The molecule has 3 aromatic rings. The number of anilines is 1. The molecular formula is C15H15N5. The molecule has 1 N–H and O–H groups in total. The van der Waals surface area contributed by atoms with Crippen LogP contribution < -0.4 is 5.32 Å².